The first-order chi connectivity index (χ1) is 9.92. The number of aromatic amines is 1. The van der Waals surface area contributed by atoms with Crippen LogP contribution in [0.2, 0.25) is 0 Å². The third kappa shape index (κ3) is 4.64. The number of fused-ring (bicyclic) bond motifs is 1. The molecule has 0 amide bonds. The lowest BCUT2D eigenvalue weighted by Gasteiger charge is -2.03. The number of benzene rings is 1. The molecule has 1 heterocycles. The molecule has 0 aliphatic heterocycles. The van der Waals surface area contributed by atoms with Crippen LogP contribution in [-0.2, 0) is 11.5 Å². The van der Waals surface area contributed by atoms with Gasteiger partial charge in [-0.15, -0.1) is 0 Å². The molecule has 3 nitrogen and oxygen atoms in total. The monoisotopic (exact) mass is 275 g/mol. The lowest BCUT2D eigenvalue weighted by atomic mass is 10.1. The van der Waals surface area contributed by atoms with Gasteiger partial charge in [0, 0.05) is 0 Å². The van der Waals surface area contributed by atoms with Gasteiger partial charge in [0.1, 0.15) is 0 Å². The van der Waals surface area contributed by atoms with E-state index in [4.69, 9.17) is 4.74 Å². The topological polar surface area (TPSA) is 28.9 Å². The van der Waals surface area contributed by atoms with Crippen molar-refractivity contribution in [1.29, 1.82) is 0 Å². The smallest absolute Gasteiger partial charge is 0.244 e. The molecule has 0 saturated carbocycles. The van der Waals surface area contributed by atoms with Crippen LogP contribution in [0.25, 0.3) is 11.0 Å². The fourth-order valence-electron chi connectivity index (χ4n) is 2.49. The number of hydrogen-bond donors (Lipinski definition) is 1. The average molecular weight is 275 g/mol. The number of unbranched alkanes of at least 4 members (excludes halogenated alkanes) is 6. The number of rotatable bonds is 10. The summed E-state index contributed by atoms with van der Waals surface area (Å²) in [6, 6.07) is 8.30. The number of aromatic nitrogens is 2. The normalized spacial score (nSPS) is 11.2. The van der Waals surface area contributed by atoms with Crippen LogP contribution in [0.5, 0.6) is 0 Å². The lowest BCUT2D eigenvalue weighted by molar-refractivity contribution is -0.709. The van der Waals surface area contributed by atoms with E-state index >= 15 is 0 Å². The van der Waals surface area contributed by atoms with E-state index in [-0.39, 0.29) is 0 Å². The Balaban J connectivity index is 1.57. The zero-order valence-corrected chi connectivity index (χ0v) is 12.6. The van der Waals surface area contributed by atoms with Crippen LogP contribution in [-0.4, -0.2) is 11.6 Å². The molecule has 1 aromatic heterocycles. The van der Waals surface area contributed by atoms with E-state index in [0.717, 1.165) is 12.1 Å². The summed E-state index contributed by atoms with van der Waals surface area (Å²) in [7, 11) is 0. The van der Waals surface area contributed by atoms with Crippen LogP contribution in [0, 0.1) is 0 Å². The minimum absolute atomic E-state index is 0.639. The molecule has 0 aliphatic rings. The van der Waals surface area contributed by atoms with Gasteiger partial charge in [-0.25, -0.2) is 9.55 Å². The Morgan fingerprint density at radius 3 is 2.60 bits per heavy atom. The Morgan fingerprint density at radius 1 is 1.00 bits per heavy atom. The van der Waals surface area contributed by atoms with Crippen molar-refractivity contribution >= 4 is 11.0 Å². The second-order valence-electron chi connectivity index (χ2n) is 5.42. The Labute approximate surface area is 122 Å². The van der Waals surface area contributed by atoms with Gasteiger partial charge in [0.2, 0.25) is 6.33 Å². The second kappa shape index (κ2) is 8.75. The summed E-state index contributed by atoms with van der Waals surface area (Å²) < 4.78 is 7.88. The molecule has 3 heteroatoms. The molecule has 110 valence electrons. The molecule has 1 N–H and O–H groups in total. The van der Waals surface area contributed by atoms with Crippen LogP contribution < -0.4 is 4.57 Å². The standard InChI is InChI=1S/C17H26N2O/c1-2-3-4-5-6-7-10-13-20-15-19-14-18-16-11-8-9-12-17(16)19/h8-9,11-12,14H,2-7,10,13,15H2,1H3/p+1. The van der Waals surface area contributed by atoms with Gasteiger partial charge in [-0.2, -0.15) is 0 Å². The highest BCUT2D eigenvalue weighted by Crippen LogP contribution is 2.07. The van der Waals surface area contributed by atoms with Crippen molar-refractivity contribution in [3.8, 4) is 0 Å². The zero-order valence-electron chi connectivity index (χ0n) is 12.6. The largest absolute Gasteiger partial charge is 0.342 e. The number of hydrogen-bond acceptors (Lipinski definition) is 1. The Bertz CT molecular complexity index is 492. The number of imidazole rings is 1. The molecule has 1 aromatic carbocycles. The van der Waals surface area contributed by atoms with Crippen molar-refractivity contribution < 1.29 is 9.30 Å². The number of nitrogens with zero attached hydrogens (tertiary/aromatic N) is 1. The Hall–Kier alpha value is -1.35. The van der Waals surface area contributed by atoms with E-state index < -0.39 is 0 Å². The number of para-hydroxylation sites is 2. The summed E-state index contributed by atoms with van der Waals surface area (Å²) in [5.41, 5.74) is 2.36. The maximum absolute atomic E-state index is 5.76. The maximum Gasteiger partial charge on any atom is 0.244 e. The van der Waals surface area contributed by atoms with Gasteiger partial charge < -0.3 is 4.74 Å². The van der Waals surface area contributed by atoms with Crippen LogP contribution in [0.4, 0.5) is 0 Å². The summed E-state index contributed by atoms with van der Waals surface area (Å²) in [6.45, 7) is 3.76. The molecule has 0 saturated heterocycles. The molecule has 0 spiro atoms. The predicted octanol–water partition coefficient (Wildman–Crippen LogP) is 4.18. The van der Waals surface area contributed by atoms with Gasteiger partial charge in [-0.05, 0) is 18.6 Å². The van der Waals surface area contributed by atoms with E-state index in [2.05, 4.69) is 34.7 Å². The van der Waals surface area contributed by atoms with E-state index in [1.807, 2.05) is 12.4 Å². The molecule has 2 aromatic rings. The third-order valence-corrected chi connectivity index (χ3v) is 3.71. The Morgan fingerprint density at radius 2 is 1.75 bits per heavy atom. The zero-order chi connectivity index (χ0) is 14.0. The molecule has 0 radical (unpaired) electrons. The van der Waals surface area contributed by atoms with Crippen LogP contribution >= 0.6 is 0 Å². The molecule has 0 unspecified atom stereocenters. The fourth-order valence-corrected chi connectivity index (χ4v) is 2.49. The summed E-state index contributed by atoms with van der Waals surface area (Å²) in [5, 5.41) is 0. The highest BCUT2D eigenvalue weighted by molar-refractivity contribution is 5.70. The maximum atomic E-state index is 5.76. The second-order valence-corrected chi connectivity index (χ2v) is 5.42. The van der Waals surface area contributed by atoms with E-state index in [1.165, 1.54) is 50.5 Å². The van der Waals surface area contributed by atoms with Gasteiger partial charge in [-0.1, -0.05) is 57.6 Å². The van der Waals surface area contributed by atoms with Gasteiger partial charge in [0.05, 0.1) is 6.61 Å². The molecule has 0 bridgehead atoms. The predicted molar refractivity (Wildman–Crippen MR) is 82.4 cm³/mol. The molecule has 0 aliphatic carbocycles. The molecule has 20 heavy (non-hydrogen) atoms. The molecular weight excluding hydrogens is 248 g/mol. The number of nitrogens with one attached hydrogen (secondary N) is 1. The summed E-state index contributed by atoms with van der Waals surface area (Å²) >= 11 is 0. The van der Waals surface area contributed by atoms with E-state index in [0.29, 0.717) is 6.73 Å². The third-order valence-electron chi connectivity index (χ3n) is 3.71. The highest BCUT2D eigenvalue weighted by Gasteiger charge is 2.07. The van der Waals surface area contributed by atoms with Gasteiger partial charge >= 0.3 is 0 Å². The van der Waals surface area contributed by atoms with Gasteiger partial charge in [0.25, 0.3) is 0 Å². The van der Waals surface area contributed by atoms with Crippen molar-refractivity contribution in [2.45, 2.75) is 58.6 Å². The minimum atomic E-state index is 0.639. The summed E-state index contributed by atoms with van der Waals surface area (Å²) in [5.74, 6) is 0. The summed E-state index contributed by atoms with van der Waals surface area (Å²) in [4.78, 5) is 3.25. The van der Waals surface area contributed by atoms with Gasteiger partial charge in [-0.3, -0.25) is 0 Å². The molecule has 0 atom stereocenters. The minimum Gasteiger partial charge on any atom is -0.342 e. The molecule has 2 rings (SSSR count). The van der Waals surface area contributed by atoms with Crippen LogP contribution in [0.3, 0.4) is 0 Å². The quantitative estimate of drug-likeness (QED) is 0.511. The number of ether oxygens (including phenoxy) is 1. The first kappa shape index (κ1) is 15.0. The molecule has 0 fully saturated rings. The van der Waals surface area contributed by atoms with Crippen molar-refractivity contribution in [3.63, 3.8) is 0 Å². The van der Waals surface area contributed by atoms with E-state index in [9.17, 15) is 0 Å². The van der Waals surface area contributed by atoms with Gasteiger partial charge in [0.15, 0.2) is 17.8 Å². The van der Waals surface area contributed by atoms with Crippen molar-refractivity contribution in [1.82, 2.24) is 4.98 Å². The first-order valence-electron chi connectivity index (χ1n) is 7.95. The SMILES string of the molecule is CCCCCCCCCOC[n+]1c[nH]c2ccccc21. The first-order valence-corrected chi connectivity index (χ1v) is 7.95. The van der Waals surface area contributed by atoms with E-state index in [1.54, 1.807) is 0 Å². The Kier molecular flexibility index (Phi) is 6.58. The molecular formula is C17H27N2O+. The fraction of sp³-hybridized carbons (Fsp3) is 0.588. The number of H-pyrrole nitrogens is 1. The highest BCUT2D eigenvalue weighted by atomic mass is 16.5. The average Bonchev–Trinajstić information content (AvgIpc) is 2.89. The lowest BCUT2D eigenvalue weighted by Crippen LogP contribution is -2.33. The summed E-state index contributed by atoms with van der Waals surface area (Å²) in [6.07, 6.45) is 11.3. The van der Waals surface area contributed by atoms with Crippen molar-refractivity contribution in [2.24, 2.45) is 0 Å². The van der Waals surface area contributed by atoms with Crippen LogP contribution in [0.15, 0.2) is 30.6 Å². The van der Waals surface area contributed by atoms with Crippen molar-refractivity contribution in [2.75, 3.05) is 6.61 Å². The van der Waals surface area contributed by atoms with Crippen LogP contribution in [0.1, 0.15) is 51.9 Å². The van der Waals surface area contributed by atoms with Crippen molar-refractivity contribution in [3.05, 3.63) is 30.6 Å².